The molecular weight excluding hydrogens is 436 g/mol. The van der Waals surface area contributed by atoms with E-state index in [-0.39, 0.29) is 0 Å². The highest BCUT2D eigenvalue weighted by atomic mass is 15.3. The number of anilines is 4. The van der Waals surface area contributed by atoms with Crippen LogP contribution in [0.5, 0.6) is 0 Å². The molecule has 35 heavy (non-hydrogen) atoms. The minimum atomic E-state index is 0.523. The van der Waals surface area contributed by atoms with Gasteiger partial charge >= 0.3 is 0 Å². The van der Waals surface area contributed by atoms with E-state index in [0.29, 0.717) is 5.95 Å². The monoisotopic (exact) mass is 474 g/mol. The number of hydrogen-bond donors (Lipinski definition) is 1. The van der Waals surface area contributed by atoms with Gasteiger partial charge in [0.1, 0.15) is 0 Å². The number of imidazole rings is 1. The summed E-state index contributed by atoms with van der Waals surface area (Å²) in [4.78, 5) is 16.6. The summed E-state index contributed by atoms with van der Waals surface area (Å²) < 4.78 is 0. The maximum Gasteiger partial charge on any atom is 0.246 e. The number of para-hydroxylation sites is 2. The minimum absolute atomic E-state index is 0.523. The topological polar surface area (TPSA) is 66.4 Å². The Morgan fingerprint density at radius 2 is 1.20 bits per heavy atom. The highest BCUT2D eigenvalue weighted by molar-refractivity contribution is 5.77. The van der Waals surface area contributed by atoms with Gasteiger partial charge in [-0.1, -0.05) is 12.1 Å². The smallest absolute Gasteiger partial charge is 0.246 e. The fourth-order valence-corrected chi connectivity index (χ4v) is 4.79. The Balaban J connectivity index is 0.000000179. The van der Waals surface area contributed by atoms with Crippen molar-refractivity contribution in [2.24, 2.45) is 10.2 Å². The summed E-state index contributed by atoms with van der Waals surface area (Å²) >= 11 is 0. The van der Waals surface area contributed by atoms with E-state index < -0.39 is 0 Å². The molecule has 2 aliphatic rings. The quantitative estimate of drug-likeness (QED) is 0.454. The molecular formula is C27H38N8. The number of aromatic nitrogens is 2. The number of nitrogens with zero attached hydrogens (tertiary/aromatic N) is 7. The molecule has 0 saturated carbocycles. The van der Waals surface area contributed by atoms with E-state index in [9.17, 15) is 0 Å². The third-order valence-electron chi connectivity index (χ3n) is 6.75. The zero-order valence-electron chi connectivity index (χ0n) is 21.5. The maximum atomic E-state index is 4.26. The van der Waals surface area contributed by atoms with Gasteiger partial charge in [0.15, 0.2) is 0 Å². The van der Waals surface area contributed by atoms with Crippen molar-refractivity contribution in [3.05, 3.63) is 54.9 Å². The van der Waals surface area contributed by atoms with Crippen molar-refractivity contribution >= 4 is 34.4 Å². The summed E-state index contributed by atoms with van der Waals surface area (Å²) in [7, 11) is 0. The number of likely N-dealkylation sites (N-methyl/N-ethyl adjacent to an activating group) is 4. The number of nitrogens with one attached hydrogen (secondary N) is 1. The predicted octanol–water partition coefficient (Wildman–Crippen LogP) is 5.84. The number of benzene rings is 2. The third kappa shape index (κ3) is 5.58. The second kappa shape index (κ2) is 11.7. The van der Waals surface area contributed by atoms with Crippen molar-refractivity contribution in [2.75, 3.05) is 72.0 Å². The Bertz CT molecular complexity index is 1060. The van der Waals surface area contributed by atoms with Gasteiger partial charge in [-0.2, -0.15) is 0 Å². The van der Waals surface area contributed by atoms with Crippen molar-refractivity contribution in [1.82, 2.24) is 9.97 Å². The Morgan fingerprint density at radius 1 is 0.686 bits per heavy atom. The van der Waals surface area contributed by atoms with E-state index in [1.807, 2.05) is 6.07 Å². The molecule has 8 heteroatoms. The summed E-state index contributed by atoms with van der Waals surface area (Å²) in [5.74, 6) is 0.523. The molecule has 1 aromatic heterocycles. The summed E-state index contributed by atoms with van der Waals surface area (Å²) in [5, 5.41) is 8.36. The molecule has 0 saturated heterocycles. The van der Waals surface area contributed by atoms with Crippen LogP contribution in [0, 0.1) is 0 Å². The normalized spacial score (nSPS) is 15.1. The molecule has 3 aromatic rings. The first-order valence-electron chi connectivity index (χ1n) is 12.8. The predicted molar refractivity (Wildman–Crippen MR) is 147 cm³/mol. The van der Waals surface area contributed by atoms with Crippen molar-refractivity contribution in [1.29, 1.82) is 0 Å². The Morgan fingerprint density at radius 3 is 1.69 bits per heavy atom. The van der Waals surface area contributed by atoms with Crippen LogP contribution in [-0.4, -0.2) is 62.3 Å². The molecule has 3 heterocycles. The van der Waals surface area contributed by atoms with Crippen LogP contribution in [0.4, 0.5) is 34.4 Å². The van der Waals surface area contributed by atoms with Crippen molar-refractivity contribution in [2.45, 2.75) is 27.7 Å². The fourth-order valence-electron chi connectivity index (χ4n) is 4.79. The first kappa shape index (κ1) is 24.6. The van der Waals surface area contributed by atoms with E-state index >= 15 is 0 Å². The second-order valence-corrected chi connectivity index (χ2v) is 8.59. The number of H-pyrrole nitrogens is 1. The number of fused-ring (bicyclic) bond motifs is 2. The van der Waals surface area contributed by atoms with Gasteiger partial charge < -0.3 is 24.6 Å². The standard InChI is InChI=1S/C15H20N6.C12H18N2/c1-3-20-9-10-21(4-2)14-11-12(5-6-13(14)20)18-19-15-16-7-8-17-15;1-3-13-9-10-14(4-2)12-8-6-5-7-11(12)13/h5-8,11H,3-4,9-10H2,1-2H3,(H,16,17);5-8H,3-4,9-10H2,1-2H3. The molecule has 0 fully saturated rings. The maximum absolute atomic E-state index is 4.26. The van der Waals surface area contributed by atoms with Crippen LogP contribution in [0.1, 0.15) is 27.7 Å². The fraction of sp³-hybridized carbons (Fsp3) is 0.444. The van der Waals surface area contributed by atoms with Gasteiger partial charge in [0.25, 0.3) is 0 Å². The zero-order chi connectivity index (χ0) is 24.6. The van der Waals surface area contributed by atoms with Crippen LogP contribution in [0.2, 0.25) is 0 Å². The summed E-state index contributed by atoms with van der Waals surface area (Å²) in [6.07, 6.45) is 3.40. The van der Waals surface area contributed by atoms with E-state index in [0.717, 1.165) is 58.0 Å². The van der Waals surface area contributed by atoms with Crippen molar-refractivity contribution in [3.8, 4) is 0 Å². The van der Waals surface area contributed by atoms with Gasteiger partial charge in [0.2, 0.25) is 5.95 Å². The van der Waals surface area contributed by atoms with Crippen molar-refractivity contribution < 1.29 is 0 Å². The molecule has 0 atom stereocenters. The molecule has 5 rings (SSSR count). The zero-order valence-corrected chi connectivity index (χ0v) is 21.5. The van der Waals surface area contributed by atoms with Crippen molar-refractivity contribution in [3.63, 3.8) is 0 Å². The number of aromatic amines is 1. The van der Waals surface area contributed by atoms with Crippen LogP contribution < -0.4 is 19.6 Å². The first-order chi connectivity index (χ1) is 17.2. The Labute approximate surface area is 209 Å². The average molecular weight is 475 g/mol. The van der Waals surface area contributed by atoms with E-state index in [1.165, 1.54) is 22.7 Å². The second-order valence-electron chi connectivity index (χ2n) is 8.59. The molecule has 186 valence electrons. The molecule has 0 bridgehead atoms. The third-order valence-corrected chi connectivity index (χ3v) is 6.75. The van der Waals surface area contributed by atoms with E-state index in [1.54, 1.807) is 12.4 Å². The molecule has 0 aliphatic carbocycles. The highest BCUT2D eigenvalue weighted by Crippen LogP contribution is 2.36. The van der Waals surface area contributed by atoms with E-state index in [2.05, 4.69) is 104 Å². The number of hydrogen-bond acceptors (Lipinski definition) is 7. The van der Waals surface area contributed by atoms with E-state index in [4.69, 9.17) is 0 Å². The molecule has 2 aromatic carbocycles. The molecule has 2 aliphatic heterocycles. The van der Waals surface area contributed by atoms with Gasteiger partial charge in [-0.3, -0.25) is 0 Å². The number of azo groups is 1. The minimum Gasteiger partial charge on any atom is -0.368 e. The SMILES string of the molecule is CCN1CCN(CC)c2cc(N=Nc3ncc[nH]3)ccc21.CCN1CCN(CC)c2ccccc21. The van der Waals surface area contributed by atoms with Crippen LogP contribution in [0.15, 0.2) is 65.1 Å². The first-order valence-corrected chi connectivity index (χ1v) is 12.8. The molecule has 0 spiro atoms. The lowest BCUT2D eigenvalue weighted by Crippen LogP contribution is -2.40. The van der Waals surface area contributed by atoms with Gasteiger partial charge in [0, 0.05) is 64.8 Å². The van der Waals surface area contributed by atoms with Crippen LogP contribution in [-0.2, 0) is 0 Å². The summed E-state index contributed by atoms with van der Waals surface area (Å²) in [6, 6.07) is 14.9. The molecule has 0 unspecified atom stereocenters. The van der Waals surface area contributed by atoms with Gasteiger partial charge in [-0.15, -0.1) is 10.2 Å². The highest BCUT2D eigenvalue weighted by Gasteiger charge is 2.21. The lowest BCUT2D eigenvalue weighted by molar-refractivity contribution is 0.723. The lowest BCUT2D eigenvalue weighted by atomic mass is 10.1. The average Bonchev–Trinajstić information content (AvgIpc) is 3.44. The van der Waals surface area contributed by atoms with Gasteiger partial charge in [-0.05, 0) is 58.0 Å². The van der Waals surface area contributed by atoms with Crippen LogP contribution in [0.25, 0.3) is 0 Å². The summed E-state index contributed by atoms with van der Waals surface area (Å²) in [5.41, 5.74) is 6.15. The van der Waals surface area contributed by atoms with Crippen LogP contribution in [0.3, 0.4) is 0 Å². The van der Waals surface area contributed by atoms with Gasteiger partial charge in [-0.25, -0.2) is 4.98 Å². The Hall–Kier alpha value is -3.55. The largest absolute Gasteiger partial charge is 0.368 e. The van der Waals surface area contributed by atoms with Gasteiger partial charge in [0.05, 0.1) is 28.4 Å². The Kier molecular flexibility index (Phi) is 8.23. The summed E-state index contributed by atoms with van der Waals surface area (Å²) in [6.45, 7) is 17.5. The molecule has 0 radical (unpaired) electrons. The van der Waals surface area contributed by atoms with Crippen LogP contribution >= 0.6 is 0 Å². The molecule has 1 N–H and O–H groups in total. The molecule has 0 amide bonds. The lowest BCUT2D eigenvalue weighted by Gasteiger charge is -2.38. The molecule has 8 nitrogen and oxygen atoms in total. The number of rotatable bonds is 6.